The summed E-state index contributed by atoms with van der Waals surface area (Å²) in [6, 6.07) is 18.0. The SMILES string of the molecule is CCCCCCCCCCCCCCCCCCCC=CC(C(=C=[N+]=[N-])CCCCCC)=C(c1ccc(C)cc1)c1ccccc1CCC#CCCCCCCCCCCCCCCCCCCCCCCCCCC.[CH2-]CCC.[CH2-]CCC.[Pd+2]. The maximum Gasteiger partial charge on any atom is 2.00 e. The molecule has 488 valence electrons. The number of nitrogens with zero attached hydrogens (tertiary/aromatic N) is 2. The molecule has 0 atom stereocenters. The fraction of sp³-hybridized carbons (Fsp3) is 0.732. The van der Waals surface area contributed by atoms with Gasteiger partial charge in [0.15, 0.2) is 0 Å². The zero-order valence-corrected chi connectivity index (χ0v) is 59.1. The Morgan fingerprint density at radius 1 is 0.424 bits per heavy atom. The summed E-state index contributed by atoms with van der Waals surface area (Å²) in [5.74, 6) is 10.2. The van der Waals surface area contributed by atoms with Crippen LogP contribution in [0.25, 0.3) is 11.1 Å². The molecule has 0 radical (unpaired) electrons. The molecule has 0 spiro atoms. The number of allylic oxidation sites excluding steroid dienone is 4. The minimum absolute atomic E-state index is 0. The van der Waals surface area contributed by atoms with Crippen molar-refractivity contribution >= 4 is 11.4 Å². The summed E-state index contributed by atoms with van der Waals surface area (Å²) in [7, 11) is 0. The molecule has 2 nitrogen and oxygen atoms in total. The predicted molar refractivity (Wildman–Crippen MR) is 380 cm³/mol. The molecule has 0 aliphatic rings. The van der Waals surface area contributed by atoms with Crippen LogP contribution in [0.5, 0.6) is 0 Å². The molecule has 0 aromatic heterocycles. The van der Waals surface area contributed by atoms with Gasteiger partial charge in [0.1, 0.15) is 0 Å². The molecule has 2 aromatic rings. The van der Waals surface area contributed by atoms with Crippen molar-refractivity contribution < 1.29 is 25.2 Å². The first kappa shape index (κ1) is 84.4. The van der Waals surface area contributed by atoms with Crippen molar-refractivity contribution in [3.8, 4) is 11.8 Å². The van der Waals surface area contributed by atoms with Crippen LogP contribution in [0.1, 0.15) is 397 Å². The van der Waals surface area contributed by atoms with E-state index < -0.39 is 0 Å². The molecule has 85 heavy (non-hydrogen) atoms. The second-order valence-corrected chi connectivity index (χ2v) is 25.1. The summed E-state index contributed by atoms with van der Waals surface area (Å²) < 4.78 is 0. The van der Waals surface area contributed by atoms with Gasteiger partial charge in [-0.2, -0.15) is 12.8 Å². The van der Waals surface area contributed by atoms with Crippen LogP contribution < -0.4 is 0 Å². The van der Waals surface area contributed by atoms with E-state index in [9.17, 15) is 5.53 Å². The number of aryl methyl sites for hydroxylation is 2. The Balaban J connectivity index is 0. The summed E-state index contributed by atoms with van der Waals surface area (Å²) in [6.45, 7) is 20.5. The monoisotopic (exact) mass is 1260 g/mol. The smallest absolute Gasteiger partial charge is 0.348 e. The standard InChI is InChI=1S/C74H122N2.2C4H9.Pd/c1-5-8-11-14-16-18-20-22-24-26-28-29-30-31-32-33-34-35-36-38-39-41-43-45-47-49-51-54-58-69-59-56-57-62-72(69)74(70-65-63-68(4)64-66-70)73(71(67-76-75)60-53-13-10-7-3)61-55-52-50-48-46-44-42-40-37-27-25-23-21-19-17-15-12-9-6-2;2*1-3-4-2;/h55-57,59,61-66H,5-48,50,52-54,58,60H2,1-4H3;2*1,3-4H2,2H3;/q;2*-1;+2. The third kappa shape index (κ3) is 55.1. The molecule has 2 rings (SSSR count). The number of rotatable bonds is 55. The van der Waals surface area contributed by atoms with Gasteiger partial charge >= 0.3 is 26.3 Å². The van der Waals surface area contributed by atoms with E-state index in [0.717, 1.165) is 68.9 Å². The van der Waals surface area contributed by atoms with E-state index in [0.29, 0.717) is 0 Å². The minimum atomic E-state index is 0. The predicted octanol–water partition coefficient (Wildman–Crippen LogP) is 28.1. The molecular formula is C82H140N2Pd. The molecule has 0 bridgehead atoms. The van der Waals surface area contributed by atoms with Gasteiger partial charge in [0.2, 0.25) is 0 Å². The number of benzene rings is 2. The Morgan fingerprint density at radius 3 is 1.14 bits per heavy atom. The summed E-state index contributed by atoms with van der Waals surface area (Å²) in [5.41, 5.74) is 18.4. The number of hydrogen-bond acceptors (Lipinski definition) is 0. The van der Waals surface area contributed by atoms with Gasteiger partial charge in [-0.05, 0) is 67.7 Å². The fourth-order valence-corrected chi connectivity index (χ4v) is 11.3. The Bertz CT molecular complexity index is 1890. The minimum Gasteiger partial charge on any atom is -0.348 e. The van der Waals surface area contributed by atoms with E-state index >= 15 is 0 Å². The summed E-state index contributed by atoms with van der Waals surface area (Å²) >= 11 is 0. The van der Waals surface area contributed by atoms with Crippen LogP contribution >= 0.6 is 0 Å². The van der Waals surface area contributed by atoms with Crippen molar-refractivity contribution in [2.24, 2.45) is 0 Å². The second kappa shape index (κ2) is 70.4. The molecule has 2 aromatic carbocycles. The van der Waals surface area contributed by atoms with Crippen LogP contribution in [0.3, 0.4) is 0 Å². The van der Waals surface area contributed by atoms with Crippen molar-refractivity contribution in [3.63, 3.8) is 0 Å². The molecule has 0 saturated carbocycles. The van der Waals surface area contributed by atoms with Crippen molar-refractivity contribution in [1.82, 2.24) is 0 Å². The first-order valence-corrected chi connectivity index (χ1v) is 37.1. The normalized spacial score (nSPS) is 11.2. The van der Waals surface area contributed by atoms with E-state index in [1.54, 1.807) is 0 Å². The second-order valence-electron chi connectivity index (χ2n) is 25.1. The van der Waals surface area contributed by atoms with Gasteiger partial charge < -0.3 is 19.4 Å². The van der Waals surface area contributed by atoms with Crippen LogP contribution in [0.2, 0.25) is 0 Å². The zero-order chi connectivity index (χ0) is 61.1. The first-order chi connectivity index (χ1) is 41.5. The van der Waals surface area contributed by atoms with Gasteiger partial charge in [-0.15, -0.1) is 16.6 Å². The van der Waals surface area contributed by atoms with Crippen LogP contribution in [0, 0.1) is 32.6 Å². The average Bonchev–Trinajstić information content (AvgIpc) is 2.39. The Morgan fingerprint density at radius 2 is 0.765 bits per heavy atom. The molecule has 0 unspecified atom stereocenters. The van der Waals surface area contributed by atoms with Gasteiger partial charge in [-0.25, -0.2) is 0 Å². The third-order valence-electron chi connectivity index (χ3n) is 17.0. The number of hydrogen-bond donors (Lipinski definition) is 0. The zero-order valence-electron chi connectivity index (χ0n) is 57.6. The summed E-state index contributed by atoms with van der Waals surface area (Å²) in [4.78, 5) is 3.57. The number of unbranched alkanes of at least 4 members (excludes halogenated alkanes) is 46. The van der Waals surface area contributed by atoms with Gasteiger partial charge in [0.05, 0.1) is 5.57 Å². The Kier molecular flexibility index (Phi) is 69.9. The Labute approximate surface area is 546 Å². The van der Waals surface area contributed by atoms with Gasteiger partial charge in [0.25, 0.3) is 0 Å². The molecule has 0 fully saturated rings. The van der Waals surface area contributed by atoms with Crippen molar-refractivity contribution in [2.75, 3.05) is 0 Å². The van der Waals surface area contributed by atoms with E-state index in [1.807, 2.05) is 0 Å². The largest absolute Gasteiger partial charge is 2.00 e. The summed E-state index contributed by atoms with van der Waals surface area (Å²) in [5, 5.41) is 0. The first-order valence-electron chi connectivity index (χ1n) is 37.1. The van der Waals surface area contributed by atoms with Crippen molar-refractivity contribution in [2.45, 2.75) is 388 Å². The molecular weight excluding hydrogens is 1120 g/mol. The van der Waals surface area contributed by atoms with Crippen molar-refractivity contribution in [1.29, 1.82) is 0 Å². The molecule has 0 aliphatic carbocycles. The molecule has 0 amide bonds. The molecule has 0 saturated heterocycles. The van der Waals surface area contributed by atoms with E-state index in [-0.39, 0.29) is 20.4 Å². The molecule has 3 heteroatoms. The maximum atomic E-state index is 10.0. The van der Waals surface area contributed by atoms with Crippen LogP contribution in [-0.4, -0.2) is 10.7 Å². The molecule has 0 heterocycles. The average molecular weight is 1260 g/mol. The molecule has 0 N–H and O–H groups in total. The van der Waals surface area contributed by atoms with E-state index in [4.69, 9.17) is 0 Å². The summed E-state index contributed by atoms with van der Waals surface area (Å²) in [6.07, 6.45) is 76.5. The maximum absolute atomic E-state index is 10.0. The van der Waals surface area contributed by atoms with Gasteiger partial charge in [-0.3, -0.25) is 0 Å². The van der Waals surface area contributed by atoms with Crippen LogP contribution in [-0.2, 0) is 26.8 Å². The van der Waals surface area contributed by atoms with Gasteiger partial charge in [0, 0.05) is 18.4 Å². The van der Waals surface area contributed by atoms with E-state index in [2.05, 4.69) is 139 Å². The fourth-order valence-electron chi connectivity index (χ4n) is 11.3. The molecule has 0 aliphatic heterocycles. The van der Waals surface area contributed by atoms with Crippen LogP contribution in [0.4, 0.5) is 0 Å². The Hall–Kier alpha value is -2.70. The van der Waals surface area contributed by atoms with Crippen LogP contribution in [0.15, 0.2) is 71.8 Å². The van der Waals surface area contributed by atoms with Gasteiger partial charge in [-0.1, -0.05) is 383 Å². The topological polar surface area (TPSA) is 36.4 Å². The third-order valence-corrected chi connectivity index (χ3v) is 17.0. The van der Waals surface area contributed by atoms with Crippen molar-refractivity contribution in [3.05, 3.63) is 113 Å². The van der Waals surface area contributed by atoms with E-state index in [1.165, 1.54) is 317 Å². The quantitative estimate of drug-likeness (QED) is 0.00925.